The minimum absolute atomic E-state index is 0.241. The van der Waals surface area contributed by atoms with Crippen LogP contribution in [0.2, 0.25) is 0 Å². The maximum absolute atomic E-state index is 13.4. The molecule has 0 aliphatic rings. The SMILES string of the molecule is O=C(N/N=C/c1ccc(OCc2cccc(F)c2)c(Br)c1)c1cc(-c2ccccc2)nc2ccccc12. The normalized spacial score (nSPS) is 11.1. The molecule has 0 saturated heterocycles. The number of amides is 1. The molecule has 0 spiro atoms. The van der Waals surface area contributed by atoms with Gasteiger partial charge < -0.3 is 4.74 Å². The molecular formula is C30H21BrFN3O2. The van der Waals surface area contributed by atoms with E-state index in [1.165, 1.54) is 12.1 Å². The number of nitrogens with zero attached hydrogens (tertiary/aromatic N) is 2. The fraction of sp³-hybridized carbons (Fsp3) is 0.0333. The maximum Gasteiger partial charge on any atom is 0.272 e. The Bertz CT molecular complexity index is 1610. The molecule has 37 heavy (non-hydrogen) atoms. The molecule has 0 atom stereocenters. The van der Waals surface area contributed by atoms with E-state index >= 15 is 0 Å². The van der Waals surface area contributed by atoms with Crippen LogP contribution in [0.15, 0.2) is 113 Å². The summed E-state index contributed by atoms with van der Waals surface area (Å²) >= 11 is 3.49. The number of ether oxygens (including phenoxy) is 1. The number of para-hydroxylation sites is 1. The molecule has 0 aliphatic carbocycles. The number of carbonyl (C=O) groups excluding carboxylic acids is 1. The second-order valence-corrected chi connectivity index (χ2v) is 9.10. The van der Waals surface area contributed by atoms with Crippen LogP contribution in [-0.4, -0.2) is 17.1 Å². The van der Waals surface area contributed by atoms with Gasteiger partial charge in [0.15, 0.2) is 0 Å². The van der Waals surface area contributed by atoms with E-state index < -0.39 is 0 Å². The van der Waals surface area contributed by atoms with Gasteiger partial charge in [-0.05, 0) is 69.5 Å². The average molecular weight is 554 g/mol. The summed E-state index contributed by atoms with van der Waals surface area (Å²) in [6.45, 7) is 0.241. The monoisotopic (exact) mass is 553 g/mol. The summed E-state index contributed by atoms with van der Waals surface area (Å²) in [7, 11) is 0. The Labute approximate surface area is 221 Å². The Morgan fingerprint density at radius 3 is 2.57 bits per heavy atom. The van der Waals surface area contributed by atoms with Gasteiger partial charge in [0.25, 0.3) is 5.91 Å². The van der Waals surface area contributed by atoms with Gasteiger partial charge in [-0.1, -0.05) is 60.7 Å². The fourth-order valence-corrected chi connectivity index (χ4v) is 4.36. The molecule has 1 heterocycles. The number of halogens is 2. The highest BCUT2D eigenvalue weighted by molar-refractivity contribution is 9.10. The predicted molar refractivity (Wildman–Crippen MR) is 147 cm³/mol. The van der Waals surface area contributed by atoms with Crippen molar-refractivity contribution in [3.05, 3.63) is 130 Å². The largest absolute Gasteiger partial charge is 0.488 e. The number of carbonyl (C=O) groups is 1. The number of hydrazone groups is 1. The van der Waals surface area contributed by atoms with Crippen molar-refractivity contribution in [2.75, 3.05) is 0 Å². The van der Waals surface area contributed by atoms with E-state index in [0.29, 0.717) is 21.5 Å². The fourth-order valence-electron chi connectivity index (χ4n) is 3.85. The van der Waals surface area contributed by atoms with Crippen molar-refractivity contribution < 1.29 is 13.9 Å². The molecule has 1 aromatic heterocycles. The first-order valence-corrected chi connectivity index (χ1v) is 12.3. The second kappa shape index (κ2) is 11.1. The summed E-state index contributed by atoms with van der Waals surface area (Å²) in [5, 5.41) is 4.90. The number of rotatable bonds is 7. The molecule has 7 heteroatoms. The van der Waals surface area contributed by atoms with Crippen LogP contribution in [0.5, 0.6) is 5.75 Å². The Morgan fingerprint density at radius 1 is 0.946 bits per heavy atom. The number of nitrogens with one attached hydrogen (secondary N) is 1. The third-order valence-electron chi connectivity index (χ3n) is 5.65. The summed E-state index contributed by atoms with van der Waals surface area (Å²) in [5.41, 5.74) is 6.98. The molecule has 0 saturated carbocycles. The molecule has 1 N–H and O–H groups in total. The molecule has 0 aliphatic heterocycles. The van der Waals surface area contributed by atoms with Crippen LogP contribution < -0.4 is 10.2 Å². The van der Waals surface area contributed by atoms with E-state index in [9.17, 15) is 9.18 Å². The first-order chi connectivity index (χ1) is 18.1. The van der Waals surface area contributed by atoms with Crippen LogP contribution >= 0.6 is 15.9 Å². The molecule has 182 valence electrons. The Morgan fingerprint density at radius 2 is 1.76 bits per heavy atom. The van der Waals surface area contributed by atoms with E-state index in [1.807, 2.05) is 66.7 Å². The number of benzene rings is 4. The molecule has 5 aromatic rings. The highest BCUT2D eigenvalue weighted by atomic mass is 79.9. The van der Waals surface area contributed by atoms with E-state index in [2.05, 4.69) is 26.5 Å². The molecule has 1 amide bonds. The molecular weight excluding hydrogens is 533 g/mol. The van der Waals surface area contributed by atoms with Crippen molar-refractivity contribution in [2.45, 2.75) is 6.61 Å². The van der Waals surface area contributed by atoms with Crippen molar-refractivity contribution in [3.8, 4) is 17.0 Å². The number of pyridine rings is 1. The Balaban J connectivity index is 1.30. The zero-order valence-electron chi connectivity index (χ0n) is 19.6. The summed E-state index contributed by atoms with van der Waals surface area (Å²) in [6.07, 6.45) is 1.56. The van der Waals surface area contributed by atoms with E-state index in [0.717, 1.165) is 27.6 Å². The zero-order chi connectivity index (χ0) is 25.6. The zero-order valence-corrected chi connectivity index (χ0v) is 21.2. The van der Waals surface area contributed by atoms with Crippen LogP contribution in [0.1, 0.15) is 21.5 Å². The lowest BCUT2D eigenvalue weighted by Crippen LogP contribution is -2.18. The summed E-state index contributed by atoms with van der Waals surface area (Å²) in [4.78, 5) is 17.8. The number of hydrogen-bond donors (Lipinski definition) is 1. The average Bonchev–Trinajstić information content (AvgIpc) is 2.92. The van der Waals surface area contributed by atoms with Crippen molar-refractivity contribution in [3.63, 3.8) is 0 Å². The minimum atomic E-state index is -0.332. The second-order valence-electron chi connectivity index (χ2n) is 8.25. The van der Waals surface area contributed by atoms with Crippen LogP contribution in [-0.2, 0) is 6.61 Å². The quantitative estimate of drug-likeness (QED) is 0.172. The predicted octanol–water partition coefficient (Wildman–Crippen LogP) is 7.15. The van der Waals surface area contributed by atoms with Gasteiger partial charge in [0.1, 0.15) is 18.2 Å². The minimum Gasteiger partial charge on any atom is -0.488 e. The van der Waals surface area contributed by atoms with Crippen LogP contribution in [0.4, 0.5) is 4.39 Å². The van der Waals surface area contributed by atoms with Gasteiger partial charge in [-0.15, -0.1) is 0 Å². The first-order valence-electron chi connectivity index (χ1n) is 11.5. The van der Waals surface area contributed by atoms with Gasteiger partial charge in [-0.2, -0.15) is 5.10 Å². The van der Waals surface area contributed by atoms with Gasteiger partial charge in [-0.3, -0.25) is 4.79 Å². The van der Waals surface area contributed by atoms with E-state index in [-0.39, 0.29) is 18.3 Å². The Hall–Kier alpha value is -4.36. The maximum atomic E-state index is 13.4. The number of fused-ring (bicyclic) bond motifs is 1. The van der Waals surface area contributed by atoms with E-state index in [4.69, 9.17) is 9.72 Å². The van der Waals surface area contributed by atoms with Crippen LogP contribution in [0.3, 0.4) is 0 Å². The lowest BCUT2D eigenvalue weighted by Gasteiger charge is -2.09. The van der Waals surface area contributed by atoms with Gasteiger partial charge in [0.05, 0.1) is 27.5 Å². The smallest absolute Gasteiger partial charge is 0.272 e. The number of hydrogen-bond acceptors (Lipinski definition) is 4. The summed E-state index contributed by atoms with van der Waals surface area (Å²) in [6, 6.07) is 30.7. The van der Waals surface area contributed by atoms with E-state index in [1.54, 1.807) is 30.5 Å². The molecule has 5 rings (SSSR count). The molecule has 0 unspecified atom stereocenters. The summed E-state index contributed by atoms with van der Waals surface area (Å²) < 4.78 is 19.9. The third kappa shape index (κ3) is 5.90. The molecule has 0 bridgehead atoms. The lowest BCUT2D eigenvalue weighted by atomic mass is 10.0. The molecule has 5 nitrogen and oxygen atoms in total. The van der Waals surface area contributed by atoms with Gasteiger partial charge in [-0.25, -0.2) is 14.8 Å². The Kier molecular flexibility index (Phi) is 7.33. The van der Waals surface area contributed by atoms with Crippen LogP contribution in [0.25, 0.3) is 22.2 Å². The molecule has 4 aromatic carbocycles. The lowest BCUT2D eigenvalue weighted by molar-refractivity contribution is 0.0956. The van der Waals surface area contributed by atoms with Crippen molar-refractivity contribution in [1.82, 2.24) is 10.4 Å². The van der Waals surface area contributed by atoms with Crippen molar-refractivity contribution in [2.24, 2.45) is 5.10 Å². The highest BCUT2D eigenvalue weighted by Gasteiger charge is 2.13. The standard InChI is InChI=1S/C30H21BrFN3O2/c31-26-16-20(13-14-29(26)37-19-21-7-6-10-23(32)15-21)18-33-35-30(36)25-17-28(22-8-2-1-3-9-22)34-27-12-5-4-11-24(25)27/h1-18H,19H2,(H,35,36)/b33-18+. The van der Waals surface area contributed by atoms with Gasteiger partial charge in [0.2, 0.25) is 0 Å². The third-order valence-corrected chi connectivity index (χ3v) is 6.27. The molecule has 0 radical (unpaired) electrons. The van der Waals surface area contributed by atoms with Crippen molar-refractivity contribution >= 4 is 39.0 Å². The highest BCUT2D eigenvalue weighted by Crippen LogP contribution is 2.27. The van der Waals surface area contributed by atoms with Gasteiger partial charge in [0, 0.05) is 10.9 Å². The first kappa shape index (κ1) is 24.3. The van der Waals surface area contributed by atoms with Crippen LogP contribution in [0, 0.1) is 5.82 Å². The van der Waals surface area contributed by atoms with Gasteiger partial charge >= 0.3 is 0 Å². The van der Waals surface area contributed by atoms with Crippen molar-refractivity contribution in [1.29, 1.82) is 0 Å². The topological polar surface area (TPSA) is 63.6 Å². The summed E-state index contributed by atoms with van der Waals surface area (Å²) in [5.74, 6) is -0.0203. The molecule has 0 fully saturated rings. The number of aromatic nitrogens is 1.